The molecule has 5 rings (SSSR count). The number of anilines is 1. The van der Waals surface area contributed by atoms with E-state index in [-0.39, 0.29) is 34.8 Å². The molecule has 1 saturated heterocycles. The second-order valence-corrected chi connectivity index (χ2v) is 13.6. The number of H-pyrrole nitrogens is 1. The Morgan fingerprint density at radius 2 is 1.85 bits per heavy atom. The third-order valence-corrected chi connectivity index (χ3v) is 9.99. The van der Waals surface area contributed by atoms with Crippen molar-refractivity contribution in [1.82, 2.24) is 14.7 Å². The SMILES string of the molecule is COc1cccc(NC(=O)Cc2cc3c(-c4ccc(S(=O)(=O)NC5CCS(O)(O)CC5)cc4)ccnc3[nH]2)c1. The molecule has 2 aromatic carbocycles. The van der Waals surface area contributed by atoms with Crippen LogP contribution in [0.1, 0.15) is 18.5 Å². The van der Waals surface area contributed by atoms with Gasteiger partial charge < -0.3 is 15.0 Å². The molecule has 2 aromatic heterocycles. The van der Waals surface area contributed by atoms with E-state index in [2.05, 4.69) is 20.0 Å². The normalized spacial score (nSPS) is 16.6. The van der Waals surface area contributed by atoms with Crippen molar-refractivity contribution in [2.24, 2.45) is 0 Å². The molecular formula is C27H30N4O6S2. The number of carbonyl (C=O) groups excluding carboxylic acids is 1. The van der Waals surface area contributed by atoms with Crippen molar-refractivity contribution in [3.05, 3.63) is 72.6 Å². The number of pyridine rings is 1. The van der Waals surface area contributed by atoms with Gasteiger partial charge in [0.2, 0.25) is 15.9 Å². The number of benzene rings is 2. The highest BCUT2D eigenvalue weighted by Crippen LogP contribution is 2.44. The number of rotatable bonds is 8. The van der Waals surface area contributed by atoms with Gasteiger partial charge in [-0.1, -0.05) is 18.2 Å². The number of nitrogens with one attached hydrogen (secondary N) is 3. The van der Waals surface area contributed by atoms with Crippen LogP contribution < -0.4 is 14.8 Å². The van der Waals surface area contributed by atoms with Crippen molar-refractivity contribution in [1.29, 1.82) is 0 Å². The van der Waals surface area contributed by atoms with Crippen molar-refractivity contribution in [2.45, 2.75) is 30.2 Å². The van der Waals surface area contributed by atoms with Gasteiger partial charge in [0.15, 0.2) is 0 Å². The highest BCUT2D eigenvalue weighted by atomic mass is 32.3. The summed E-state index contributed by atoms with van der Waals surface area (Å²) in [6.45, 7) is 0. The van der Waals surface area contributed by atoms with Crippen LogP contribution in [0, 0.1) is 0 Å². The predicted octanol–water partition coefficient (Wildman–Crippen LogP) is 4.61. The average Bonchev–Trinajstić information content (AvgIpc) is 3.32. The van der Waals surface area contributed by atoms with Crippen LogP contribution in [0.4, 0.5) is 5.69 Å². The minimum Gasteiger partial charge on any atom is -0.497 e. The van der Waals surface area contributed by atoms with E-state index in [4.69, 9.17) is 4.74 Å². The topological polar surface area (TPSA) is 154 Å². The number of ether oxygens (including phenoxy) is 1. The zero-order valence-corrected chi connectivity index (χ0v) is 22.9. The first-order valence-electron chi connectivity index (χ1n) is 12.4. The van der Waals surface area contributed by atoms with Crippen LogP contribution in [0.15, 0.2) is 71.8 Å². The van der Waals surface area contributed by atoms with Crippen LogP contribution >= 0.6 is 10.6 Å². The fraction of sp³-hybridized carbons (Fsp3) is 0.259. The number of sulfonamides is 1. The summed E-state index contributed by atoms with van der Waals surface area (Å²) in [4.78, 5) is 20.4. The molecule has 12 heteroatoms. The Morgan fingerprint density at radius 1 is 1.10 bits per heavy atom. The predicted molar refractivity (Wildman–Crippen MR) is 153 cm³/mol. The molecule has 1 aliphatic heterocycles. The highest BCUT2D eigenvalue weighted by Gasteiger charge is 2.28. The molecule has 0 atom stereocenters. The molecule has 206 valence electrons. The number of fused-ring (bicyclic) bond motifs is 1. The zero-order chi connectivity index (χ0) is 27.6. The lowest BCUT2D eigenvalue weighted by Crippen LogP contribution is -2.39. The highest BCUT2D eigenvalue weighted by molar-refractivity contribution is 8.24. The van der Waals surface area contributed by atoms with Gasteiger partial charge >= 0.3 is 0 Å². The van der Waals surface area contributed by atoms with Crippen molar-refractivity contribution < 1.29 is 27.1 Å². The smallest absolute Gasteiger partial charge is 0.240 e. The van der Waals surface area contributed by atoms with Crippen LogP contribution in [0.3, 0.4) is 0 Å². The van der Waals surface area contributed by atoms with Crippen molar-refractivity contribution >= 4 is 43.2 Å². The lowest BCUT2D eigenvalue weighted by atomic mass is 10.0. The molecule has 39 heavy (non-hydrogen) atoms. The summed E-state index contributed by atoms with van der Waals surface area (Å²) < 4.78 is 53.2. The molecule has 1 fully saturated rings. The first-order chi connectivity index (χ1) is 18.6. The van der Waals surface area contributed by atoms with Gasteiger partial charge in [-0.3, -0.25) is 13.9 Å². The number of amides is 1. The van der Waals surface area contributed by atoms with Crippen LogP contribution in [-0.2, 0) is 21.2 Å². The summed E-state index contributed by atoms with van der Waals surface area (Å²) in [6.07, 6.45) is 2.56. The molecule has 3 heterocycles. The second-order valence-electron chi connectivity index (χ2n) is 9.50. The number of nitrogens with zero attached hydrogens (tertiary/aromatic N) is 1. The average molecular weight is 571 g/mol. The van der Waals surface area contributed by atoms with E-state index in [9.17, 15) is 22.3 Å². The molecule has 10 nitrogen and oxygen atoms in total. The number of hydrogen-bond donors (Lipinski definition) is 5. The largest absolute Gasteiger partial charge is 0.497 e. The van der Waals surface area contributed by atoms with Crippen LogP contribution in [0.25, 0.3) is 22.2 Å². The van der Waals surface area contributed by atoms with E-state index in [1.165, 1.54) is 0 Å². The molecule has 0 aliphatic carbocycles. The first kappa shape index (κ1) is 27.2. The van der Waals surface area contributed by atoms with Crippen molar-refractivity contribution in [3.8, 4) is 16.9 Å². The molecule has 0 radical (unpaired) electrons. The maximum atomic E-state index is 12.9. The lowest BCUT2D eigenvalue weighted by molar-refractivity contribution is -0.115. The molecule has 0 saturated carbocycles. The molecule has 1 amide bonds. The zero-order valence-electron chi connectivity index (χ0n) is 21.3. The van der Waals surface area contributed by atoms with Crippen molar-refractivity contribution in [3.63, 3.8) is 0 Å². The lowest BCUT2D eigenvalue weighted by Gasteiger charge is -2.39. The van der Waals surface area contributed by atoms with E-state index in [1.54, 1.807) is 61.8 Å². The summed E-state index contributed by atoms with van der Waals surface area (Å²) in [6, 6.07) is 17.1. The standard InChI is InChI=1S/C27H30N4O6S2/c1-37-22-4-2-3-20(15-22)29-26(32)17-21-16-25-24(9-12-28-27(25)30-21)18-5-7-23(8-6-18)39(35,36)31-19-10-13-38(33,34)14-11-19/h2-9,12,15-16,19,31,33-34H,10-11,13-14,17H2,1H3,(H,28,30)(H,29,32). The Balaban J connectivity index is 1.30. The molecule has 4 aromatic rings. The molecule has 0 bridgehead atoms. The maximum absolute atomic E-state index is 12.9. The van der Waals surface area contributed by atoms with Crippen LogP contribution in [0.5, 0.6) is 5.75 Å². The van der Waals surface area contributed by atoms with E-state index in [0.29, 0.717) is 35.6 Å². The van der Waals surface area contributed by atoms with E-state index in [1.807, 2.05) is 12.1 Å². The second kappa shape index (κ2) is 11.0. The van der Waals surface area contributed by atoms with Gasteiger partial charge in [0, 0.05) is 46.6 Å². The van der Waals surface area contributed by atoms with Crippen molar-refractivity contribution in [2.75, 3.05) is 23.9 Å². The minimum atomic E-state index is -3.75. The van der Waals surface area contributed by atoms with E-state index in [0.717, 1.165) is 16.5 Å². The number of aromatic amines is 1. The van der Waals surface area contributed by atoms with Gasteiger partial charge in [-0.2, -0.15) is 10.6 Å². The van der Waals surface area contributed by atoms with Crippen LogP contribution in [0.2, 0.25) is 0 Å². The summed E-state index contributed by atoms with van der Waals surface area (Å²) >= 11 is 0. The molecule has 0 spiro atoms. The molecular weight excluding hydrogens is 540 g/mol. The third-order valence-electron chi connectivity index (χ3n) is 6.68. The van der Waals surface area contributed by atoms with Gasteiger partial charge in [0.05, 0.1) is 18.4 Å². The van der Waals surface area contributed by atoms with E-state index >= 15 is 0 Å². The minimum absolute atomic E-state index is 0.117. The molecule has 0 unspecified atom stereocenters. The number of methoxy groups -OCH3 is 1. The third kappa shape index (κ3) is 6.43. The monoisotopic (exact) mass is 570 g/mol. The summed E-state index contributed by atoms with van der Waals surface area (Å²) in [5, 5.41) is 3.68. The fourth-order valence-electron chi connectivity index (χ4n) is 4.63. The van der Waals surface area contributed by atoms with Gasteiger partial charge in [0.1, 0.15) is 11.4 Å². The number of carbonyl (C=O) groups is 1. The molecule has 5 N–H and O–H groups in total. The fourth-order valence-corrected chi connectivity index (χ4v) is 7.47. The van der Waals surface area contributed by atoms with Gasteiger partial charge in [-0.15, -0.1) is 0 Å². The van der Waals surface area contributed by atoms with Crippen LogP contribution in [-0.4, -0.2) is 58.1 Å². The van der Waals surface area contributed by atoms with Gasteiger partial charge in [-0.05, 0) is 60.4 Å². The Hall–Kier alpha value is -3.42. The Kier molecular flexibility index (Phi) is 7.65. The summed E-state index contributed by atoms with van der Waals surface area (Å²) in [7, 11) is -4.77. The first-order valence-corrected chi connectivity index (χ1v) is 15.8. The van der Waals surface area contributed by atoms with Gasteiger partial charge in [0.25, 0.3) is 0 Å². The number of hydrogen-bond acceptors (Lipinski definition) is 7. The maximum Gasteiger partial charge on any atom is 0.240 e. The Morgan fingerprint density at radius 3 is 2.56 bits per heavy atom. The molecule has 1 aliphatic rings. The summed E-state index contributed by atoms with van der Waals surface area (Å²) in [5.74, 6) is 0.870. The van der Waals surface area contributed by atoms with Gasteiger partial charge in [-0.25, -0.2) is 18.1 Å². The number of aromatic nitrogens is 2. The quantitative estimate of drug-likeness (QED) is 0.207. The summed E-state index contributed by atoms with van der Waals surface area (Å²) in [5.41, 5.74) is 3.61. The Labute approximate surface area is 228 Å². The van der Waals surface area contributed by atoms with E-state index < -0.39 is 20.6 Å². The Bertz CT molecular complexity index is 1590.